The number of aromatic nitrogens is 4. The maximum Gasteiger partial charge on any atom is 0.222 e. The summed E-state index contributed by atoms with van der Waals surface area (Å²) < 4.78 is 24.3. The van der Waals surface area contributed by atoms with Gasteiger partial charge in [0.25, 0.3) is 0 Å². The van der Waals surface area contributed by atoms with Crippen molar-refractivity contribution in [1.82, 2.24) is 24.5 Å². The standard InChI is InChI=1S/C23H27FN6O2/c1-3-22(31)29-8-6-21-18(13-29)23(27-30(21)17-7-9-32-14-17)26-20-5-4-15(10-19(20)24)16-11-25-28(2)12-16/h4-5,10-12,17H,3,6-9,13-14H2,1-2H3,(H,26,27)/t17-/m0/s1. The quantitative estimate of drug-likeness (QED) is 0.661. The van der Waals surface area contributed by atoms with Crippen LogP contribution in [0.3, 0.4) is 0 Å². The number of carbonyl (C=O) groups is 1. The molecule has 1 atom stereocenters. The SMILES string of the molecule is CCC(=O)N1CCc2c(c(Nc3ccc(-c4cnn(C)c4)cc3F)nn2[C@H]2CCOC2)C1. The molecule has 1 N–H and O–H groups in total. The number of benzene rings is 1. The first-order valence-electron chi connectivity index (χ1n) is 11.0. The van der Waals surface area contributed by atoms with Crippen LogP contribution < -0.4 is 5.32 Å². The van der Waals surface area contributed by atoms with Gasteiger partial charge in [0.15, 0.2) is 5.82 Å². The smallest absolute Gasteiger partial charge is 0.222 e. The van der Waals surface area contributed by atoms with Crippen molar-refractivity contribution in [1.29, 1.82) is 0 Å². The summed E-state index contributed by atoms with van der Waals surface area (Å²) in [5.41, 5.74) is 4.04. The van der Waals surface area contributed by atoms with Crippen molar-refractivity contribution in [2.24, 2.45) is 7.05 Å². The van der Waals surface area contributed by atoms with E-state index in [4.69, 9.17) is 9.84 Å². The van der Waals surface area contributed by atoms with E-state index >= 15 is 4.39 Å². The highest BCUT2D eigenvalue weighted by atomic mass is 19.1. The fourth-order valence-electron chi connectivity index (χ4n) is 4.49. The number of amides is 1. The summed E-state index contributed by atoms with van der Waals surface area (Å²) >= 11 is 0. The van der Waals surface area contributed by atoms with Gasteiger partial charge < -0.3 is 15.0 Å². The number of hydrogen-bond acceptors (Lipinski definition) is 5. The molecule has 0 bridgehead atoms. The lowest BCUT2D eigenvalue weighted by Gasteiger charge is -2.28. The summed E-state index contributed by atoms with van der Waals surface area (Å²) in [4.78, 5) is 14.2. The third-order valence-corrected chi connectivity index (χ3v) is 6.25. The molecule has 2 aromatic heterocycles. The molecule has 0 saturated carbocycles. The minimum absolute atomic E-state index is 0.116. The molecule has 3 aromatic rings. The van der Waals surface area contributed by atoms with Gasteiger partial charge in [0.2, 0.25) is 5.91 Å². The number of carbonyl (C=O) groups excluding carboxylic acids is 1. The van der Waals surface area contributed by atoms with E-state index in [9.17, 15) is 4.79 Å². The van der Waals surface area contributed by atoms with Crippen LogP contribution in [0.5, 0.6) is 0 Å². The van der Waals surface area contributed by atoms with E-state index in [2.05, 4.69) is 10.4 Å². The molecule has 168 valence electrons. The van der Waals surface area contributed by atoms with Crippen molar-refractivity contribution in [3.05, 3.63) is 47.7 Å². The van der Waals surface area contributed by atoms with E-state index in [0.717, 1.165) is 35.2 Å². The Balaban J connectivity index is 1.47. The number of anilines is 2. The molecular weight excluding hydrogens is 411 g/mol. The average molecular weight is 439 g/mol. The Morgan fingerprint density at radius 2 is 2.22 bits per heavy atom. The minimum Gasteiger partial charge on any atom is -0.379 e. The summed E-state index contributed by atoms with van der Waals surface area (Å²) in [6, 6.07) is 5.26. The molecule has 0 spiro atoms. The van der Waals surface area contributed by atoms with E-state index in [1.54, 1.807) is 16.9 Å². The summed E-state index contributed by atoms with van der Waals surface area (Å²) in [5.74, 6) is 0.357. The summed E-state index contributed by atoms with van der Waals surface area (Å²) in [5, 5.41) is 12.2. The Morgan fingerprint density at radius 1 is 1.34 bits per heavy atom. The van der Waals surface area contributed by atoms with E-state index in [0.29, 0.717) is 44.2 Å². The number of rotatable bonds is 5. The number of ether oxygens (including phenoxy) is 1. The van der Waals surface area contributed by atoms with Crippen molar-refractivity contribution < 1.29 is 13.9 Å². The predicted molar refractivity (Wildman–Crippen MR) is 118 cm³/mol. The van der Waals surface area contributed by atoms with Crippen LogP contribution in [0.1, 0.15) is 37.1 Å². The molecule has 9 heteroatoms. The molecule has 1 saturated heterocycles. The van der Waals surface area contributed by atoms with Gasteiger partial charge in [-0.3, -0.25) is 14.2 Å². The summed E-state index contributed by atoms with van der Waals surface area (Å²) in [6.07, 6.45) is 5.66. The van der Waals surface area contributed by atoms with Gasteiger partial charge in [-0.05, 0) is 24.1 Å². The highest BCUT2D eigenvalue weighted by molar-refractivity contribution is 5.77. The predicted octanol–water partition coefficient (Wildman–Crippen LogP) is 3.42. The minimum atomic E-state index is -0.365. The Morgan fingerprint density at radius 3 is 2.91 bits per heavy atom. The van der Waals surface area contributed by atoms with Crippen LogP contribution in [0, 0.1) is 5.82 Å². The first kappa shape index (κ1) is 20.7. The van der Waals surface area contributed by atoms with Crippen LogP contribution in [0.4, 0.5) is 15.9 Å². The monoisotopic (exact) mass is 438 g/mol. The highest BCUT2D eigenvalue weighted by Gasteiger charge is 2.31. The van der Waals surface area contributed by atoms with Gasteiger partial charge >= 0.3 is 0 Å². The third kappa shape index (κ3) is 3.77. The zero-order chi connectivity index (χ0) is 22.2. The maximum absolute atomic E-state index is 15.0. The van der Waals surface area contributed by atoms with Crippen molar-refractivity contribution in [2.45, 2.75) is 38.8 Å². The Hall–Kier alpha value is -3.20. The Bertz CT molecular complexity index is 1150. The van der Waals surface area contributed by atoms with Gasteiger partial charge in [0.1, 0.15) is 5.82 Å². The molecule has 1 amide bonds. The summed E-state index contributed by atoms with van der Waals surface area (Å²) in [6.45, 7) is 4.36. The molecule has 1 aromatic carbocycles. The molecule has 2 aliphatic heterocycles. The van der Waals surface area contributed by atoms with Crippen LogP contribution in [-0.2, 0) is 29.5 Å². The lowest BCUT2D eigenvalue weighted by atomic mass is 10.1. The van der Waals surface area contributed by atoms with Gasteiger partial charge in [-0.1, -0.05) is 13.0 Å². The largest absolute Gasteiger partial charge is 0.379 e. The van der Waals surface area contributed by atoms with Gasteiger partial charge in [0.05, 0.1) is 31.1 Å². The van der Waals surface area contributed by atoms with E-state index < -0.39 is 0 Å². The number of nitrogens with zero attached hydrogens (tertiary/aromatic N) is 5. The second-order valence-electron chi connectivity index (χ2n) is 8.38. The van der Waals surface area contributed by atoms with Gasteiger partial charge in [-0.15, -0.1) is 0 Å². The van der Waals surface area contributed by atoms with Crippen molar-refractivity contribution >= 4 is 17.4 Å². The van der Waals surface area contributed by atoms with Crippen LogP contribution in [0.2, 0.25) is 0 Å². The van der Waals surface area contributed by atoms with Gasteiger partial charge in [-0.2, -0.15) is 10.2 Å². The molecule has 5 rings (SSSR count). The number of aryl methyl sites for hydroxylation is 1. The van der Waals surface area contributed by atoms with Crippen molar-refractivity contribution in [3.8, 4) is 11.1 Å². The molecule has 32 heavy (non-hydrogen) atoms. The third-order valence-electron chi connectivity index (χ3n) is 6.25. The maximum atomic E-state index is 15.0. The van der Waals surface area contributed by atoms with E-state index in [1.165, 1.54) is 6.07 Å². The van der Waals surface area contributed by atoms with Crippen LogP contribution >= 0.6 is 0 Å². The van der Waals surface area contributed by atoms with Crippen LogP contribution in [0.15, 0.2) is 30.6 Å². The van der Waals surface area contributed by atoms with E-state index in [-0.39, 0.29) is 17.8 Å². The van der Waals surface area contributed by atoms with Gasteiger partial charge in [0, 0.05) is 56.1 Å². The zero-order valence-corrected chi connectivity index (χ0v) is 18.3. The molecule has 2 aliphatic rings. The fraction of sp³-hybridized carbons (Fsp3) is 0.435. The van der Waals surface area contributed by atoms with Crippen molar-refractivity contribution in [2.75, 3.05) is 25.1 Å². The second kappa shape index (κ2) is 8.38. The first-order chi connectivity index (χ1) is 15.5. The topological polar surface area (TPSA) is 77.2 Å². The normalized spacial score (nSPS) is 18.1. The van der Waals surface area contributed by atoms with Gasteiger partial charge in [-0.25, -0.2) is 4.39 Å². The highest BCUT2D eigenvalue weighted by Crippen LogP contribution is 2.34. The lowest BCUT2D eigenvalue weighted by molar-refractivity contribution is -0.131. The molecular formula is C23H27FN6O2. The number of nitrogens with one attached hydrogen (secondary N) is 1. The van der Waals surface area contributed by atoms with Crippen molar-refractivity contribution in [3.63, 3.8) is 0 Å². The molecule has 0 radical (unpaired) electrons. The number of hydrogen-bond donors (Lipinski definition) is 1. The Labute approximate surface area is 186 Å². The lowest BCUT2D eigenvalue weighted by Crippen LogP contribution is -2.36. The average Bonchev–Trinajstić information content (AvgIpc) is 3.54. The van der Waals surface area contributed by atoms with Crippen LogP contribution in [0.25, 0.3) is 11.1 Å². The molecule has 4 heterocycles. The first-order valence-corrected chi connectivity index (χ1v) is 11.0. The fourth-order valence-corrected chi connectivity index (χ4v) is 4.49. The molecule has 0 aliphatic carbocycles. The Kier molecular flexibility index (Phi) is 5.42. The molecule has 8 nitrogen and oxygen atoms in total. The zero-order valence-electron chi connectivity index (χ0n) is 18.3. The second-order valence-corrected chi connectivity index (χ2v) is 8.38. The van der Waals surface area contributed by atoms with Crippen LogP contribution in [-0.4, -0.2) is 50.1 Å². The number of fused-ring (bicyclic) bond motifs is 1. The number of halogens is 1. The summed E-state index contributed by atoms with van der Waals surface area (Å²) in [7, 11) is 1.83. The molecule has 1 fully saturated rings. The molecule has 0 unspecified atom stereocenters. The van der Waals surface area contributed by atoms with E-state index in [1.807, 2.05) is 35.8 Å².